The van der Waals surface area contributed by atoms with Gasteiger partial charge in [-0.3, -0.25) is 13.5 Å². The van der Waals surface area contributed by atoms with E-state index >= 15 is 0 Å². The van der Waals surface area contributed by atoms with Gasteiger partial charge in [0, 0.05) is 18.2 Å². The summed E-state index contributed by atoms with van der Waals surface area (Å²) in [6.07, 6.45) is -3.71. The Morgan fingerprint density at radius 2 is 1.91 bits per heavy atom. The number of nitrogens with zero attached hydrogens (tertiary/aromatic N) is 3. The molecule has 0 radical (unpaired) electrons. The number of imidazole rings is 1. The Hall–Kier alpha value is -3.10. The quantitative estimate of drug-likeness (QED) is 0.341. The normalized spacial score (nSPS) is 26.1. The van der Waals surface area contributed by atoms with Gasteiger partial charge in [-0.25, -0.2) is 14.7 Å². The van der Waals surface area contributed by atoms with Crippen LogP contribution in [0.3, 0.4) is 0 Å². The first-order chi connectivity index (χ1) is 16.2. The SMILES string of the molecule is CC.Nc1ccnc2c1nc1n2[C@@H]2O[C@H](COS(=O)(=O)NC(=O)c3ccccc3C1)[C@@H](O)[C@H]2O. The highest BCUT2D eigenvalue weighted by atomic mass is 32.2. The topological polar surface area (TPSA) is 179 Å². The highest BCUT2D eigenvalue weighted by Gasteiger charge is 2.46. The number of pyridine rings is 1. The Balaban J connectivity index is 0.00000133. The van der Waals surface area contributed by atoms with Crippen LogP contribution < -0.4 is 10.5 Å². The summed E-state index contributed by atoms with van der Waals surface area (Å²) in [6.45, 7) is 3.37. The molecule has 1 saturated heterocycles. The van der Waals surface area contributed by atoms with E-state index in [4.69, 9.17) is 14.7 Å². The number of fused-ring (bicyclic) bond motifs is 7. The molecule has 2 bridgehead atoms. The molecule has 5 rings (SSSR count). The second kappa shape index (κ2) is 9.27. The van der Waals surface area contributed by atoms with Crippen LogP contribution in [0.5, 0.6) is 0 Å². The fourth-order valence-electron chi connectivity index (χ4n) is 3.95. The molecule has 1 aromatic carbocycles. The van der Waals surface area contributed by atoms with Gasteiger partial charge in [0.2, 0.25) is 0 Å². The maximum absolute atomic E-state index is 12.7. The molecule has 1 amide bonds. The maximum atomic E-state index is 12.7. The van der Waals surface area contributed by atoms with E-state index in [-0.39, 0.29) is 12.0 Å². The number of aliphatic hydroxyl groups excluding tert-OH is 2. The first-order valence-corrected chi connectivity index (χ1v) is 12.1. The molecule has 2 aliphatic rings. The van der Waals surface area contributed by atoms with E-state index in [2.05, 4.69) is 9.97 Å². The molecule has 0 unspecified atom stereocenters. The van der Waals surface area contributed by atoms with Gasteiger partial charge in [-0.05, 0) is 17.7 Å². The molecule has 13 heteroatoms. The van der Waals surface area contributed by atoms with Crippen LogP contribution in [0.15, 0.2) is 36.5 Å². The van der Waals surface area contributed by atoms with Crippen molar-refractivity contribution in [3.05, 3.63) is 53.5 Å². The van der Waals surface area contributed by atoms with Crippen molar-refractivity contribution >= 4 is 33.1 Å². The highest BCUT2D eigenvalue weighted by molar-refractivity contribution is 7.85. The molecule has 0 saturated carbocycles. The number of nitrogens with one attached hydrogen (secondary N) is 1. The third-order valence-corrected chi connectivity index (χ3v) is 6.37. The predicted octanol–water partition coefficient (Wildman–Crippen LogP) is 0.254. The third-order valence-electron chi connectivity index (χ3n) is 5.49. The number of carbonyl (C=O) groups excluding carboxylic acids is 1. The van der Waals surface area contributed by atoms with Gasteiger partial charge < -0.3 is 20.7 Å². The molecule has 4 heterocycles. The molecule has 34 heavy (non-hydrogen) atoms. The van der Waals surface area contributed by atoms with Crippen LogP contribution in [-0.4, -0.2) is 64.0 Å². The standard InChI is InChI=1S/C19H19N5O7S.C2H6/c20-11-5-6-21-17-14(11)22-13-7-9-3-1-2-4-10(9)18(27)23-32(28,29)30-8-12-15(25)16(26)19(31-12)24(13)17;1-2/h1-6,12,15-16,19,25-26H,7-8H2,(H2,20,21)(H,23,27);1-2H3/t12-,15-,16-,19-;/m1./s1. The van der Waals surface area contributed by atoms with Gasteiger partial charge in [0.25, 0.3) is 5.91 Å². The lowest BCUT2D eigenvalue weighted by molar-refractivity contribution is -0.0479. The molecule has 182 valence electrons. The Labute approximate surface area is 195 Å². The zero-order valence-corrected chi connectivity index (χ0v) is 19.3. The van der Waals surface area contributed by atoms with Crippen molar-refractivity contribution < 1.29 is 32.3 Å². The number of aliphatic hydroxyl groups is 2. The number of aromatic nitrogens is 3. The second-order valence-corrected chi connectivity index (χ2v) is 8.87. The van der Waals surface area contributed by atoms with Crippen molar-refractivity contribution in [1.82, 2.24) is 19.3 Å². The fourth-order valence-corrected chi connectivity index (χ4v) is 4.66. The average Bonchev–Trinajstić information content (AvgIpc) is 3.31. The minimum absolute atomic E-state index is 0.0631. The van der Waals surface area contributed by atoms with E-state index in [1.807, 2.05) is 18.6 Å². The Kier molecular flexibility index (Phi) is 6.55. The number of amides is 1. The molecule has 0 spiro atoms. The molecule has 12 nitrogen and oxygen atoms in total. The summed E-state index contributed by atoms with van der Waals surface area (Å²) >= 11 is 0. The lowest BCUT2D eigenvalue weighted by atomic mass is 10.0. The fraction of sp³-hybridized carbons (Fsp3) is 0.381. The van der Waals surface area contributed by atoms with Gasteiger partial charge in [0.05, 0.1) is 12.3 Å². The predicted molar refractivity (Wildman–Crippen MR) is 121 cm³/mol. The number of anilines is 1. The number of ether oxygens (including phenoxy) is 1. The van der Waals surface area contributed by atoms with Crippen LogP contribution >= 0.6 is 0 Å². The lowest BCUT2D eigenvalue weighted by Crippen LogP contribution is -2.38. The van der Waals surface area contributed by atoms with E-state index in [1.165, 1.54) is 16.8 Å². The number of carbonyl (C=O) groups is 1. The first-order valence-electron chi connectivity index (χ1n) is 10.7. The molecule has 2 aliphatic heterocycles. The summed E-state index contributed by atoms with van der Waals surface area (Å²) in [5.41, 5.74) is 7.65. The summed E-state index contributed by atoms with van der Waals surface area (Å²) in [5, 5.41) is 21.2. The summed E-state index contributed by atoms with van der Waals surface area (Å²) in [6, 6.07) is 7.98. The Morgan fingerprint density at radius 1 is 1.18 bits per heavy atom. The second-order valence-electron chi connectivity index (χ2n) is 7.52. The molecule has 2 aromatic heterocycles. The largest absolute Gasteiger partial charge is 0.397 e. The number of hydrogen-bond donors (Lipinski definition) is 4. The smallest absolute Gasteiger partial charge is 0.362 e. The summed E-state index contributed by atoms with van der Waals surface area (Å²) in [4.78, 5) is 21.6. The Bertz CT molecular complexity index is 1330. The minimum atomic E-state index is -4.50. The van der Waals surface area contributed by atoms with Gasteiger partial charge >= 0.3 is 10.3 Å². The zero-order valence-electron chi connectivity index (χ0n) is 18.5. The maximum Gasteiger partial charge on any atom is 0.362 e. The molecule has 3 aromatic rings. The van der Waals surface area contributed by atoms with Crippen LogP contribution in [0.2, 0.25) is 0 Å². The monoisotopic (exact) mass is 491 g/mol. The first kappa shape index (κ1) is 24.0. The number of hydrogen-bond acceptors (Lipinski definition) is 10. The van der Waals surface area contributed by atoms with Crippen LogP contribution in [-0.2, 0) is 25.6 Å². The average molecular weight is 492 g/mol. The zero-order chi connectivity index (χ0) is 24.6. The van der Waals surface area contributed by atoms with Crippen molar-refractivity contribution in [1.29, 1.82) is 0 Å². The molecule has 5 N–H and O–H groups in total. The number of nitrogen functional groups attached to an aromatic ring is 1. The van der Waals surface area contributed by atoms with Gasteiger partial charge in [-0.2, -0.15) is 8.42 Å². The van der Waals surface area contributed by atoms with Crippen molar-refractivity contribution in [3.8, 4) is 0 Å². The number of rotatable bonds is 0. The summed E-state index contributed by atoms with van der Waals surface area (Å²) in [5.74, 6) is -0.530. The molecule has 0 aliphatic carbocycles. The Morgan fingerprint density at radius 3 is 2.68 bits per heavy atom. The molecule has 1 fully saturated rings. The van der Waals surface area contributed by atoms with Crippen LogP contribution in [0.25, 0.3) is 11.2 Å². The van der Waals surface area contributed by atoms with E-state index in [9.17, 15) is 23.4 Å². The van der Waals surface area contributed by atoms with E-state index in [0.717, 1.165) is 0 Å². The lowest BCUT2D eigenvalue weighted by Gasteiger charge is -2.19. The molecular weight excluding hydrogens is 466 g/mol. The van der Waals surface area contributed by atoms with Gasteiger partial charge in [0.15, 0.2) is 11.9 Å². The van der Waals surface area contributed by atoms with Crippen molar-refractivity contribution in [2.45, 2.75) is 44.8 Å². The molecular formula is C21H25N5O7S. The summed E-state index contributed by atoms with van der Waals surface area (Å²) < 4.78 is 38.4. The van der Waals surface area contributed by atoms with Crippen LogP contribution in [0.4, 0.5) is 5.69 Å². The van der Waals surface area contributed by atoms with Gasteiger partial charge in [0.1, 0.15) is 29.7 Å². The van der Waals surface area contributed by atoms with E-state index < -0.39 is 47.4 Å². The molecule has 4 atom stereocenters. The van der Waals surface area contributed by atoms with Crippen molar-refractivity contribution in [3.63, 3.8) is 0 Å². The van der Waals surface area contributed by atoms with Crippen LogP contribution in [0, 0.1) is 0 Å². The summed E-state index contributed by atoms with van der Waals surface area (Å²) in [7, 11) is -4.50. The van der Waals surface area contributed by atoms with Crippen molar-refractivity contribution in [2.75, 3.05) is 12.3 Å². The number of benzene rings is 1. The van der Waals surface area contributed by atoms with E-state index in [1.54, 1.807) is 24.3 Å². The highest BCUT2D eigenvalue weighted by Crippen LogP contribution is 2.35. The number of nitrogens with two attached hydrogens (primary N) is 1. The third kappa shape index (κ3) is 4.23. The van der Waals surface area contributed by atoms with E-state index in [0.29, 0.717) is 28.2 Å². The van der Waals surface area contributed by atoms with Gasteiger partial charge in [-0.1, -0.05) is 32.0 Å². The van der Waals surface area contributed by atoms with Gasteiger partial charge in [-0.15, -0.1) is 0 Å². The minimum Gasteiger partial charge on any atom is -0.397 e. The van der Waals surface area contributed by atoms with Crippen LogP contribution in [0.1, 0.15) is 41.8 Å². The van der Waals surface area contributed by atoms with Crippen molar-refractivity contribution in [2.24, 2.45) is 0 Å².